The van der Waals surface area contributed by atoms with Crippen LogP contribution in [0.4, 0.5) is 0 Å². The third-order valence-electron chi connectivity index (χ3n) is 4.69. The van der Waals surface area contributed by atoms with Crippen LogP contribution in [0.2, 0.25) is 0 Å². The van der Waals surface area contributed by atoms with E-state index in [4.69, 9.17) is 14.6 Å². The van der Waals surface area contributed by atoms with Crippen LogP contribution in [0.25, 0.3) is 11.1 Å². The zero-order valence-electron chi connectivity index (χ0n) is 17.6. The lowest BCUT2D eigenvalue weighted by Gasteiger charge is -2.06. The van der Waals surface area contributed by atoms with Crippen LogP contribution >= 0.6 is 0 Å². The molecule has 0 radical (unpaired) electrons. The van der Waals surface area contributed by atoms with Gasteiger partial charge in [0.25, 0.3) is 0 Å². The lowest BCUT2D eigenvalue weighted by Crippen LogP contribution is -2.07. The van der Waals surface area contributed by atoms with E-state index in [0.29, 0.717) is 13.2 Å². The lowest BCUT2D eigenvalue weighted by atomic mass is 10.0. The predicted molar refractivity (Wildman–Crippen MR) is 122 cm³/mol. The van der Waals surface area contributed by atoms with Crippen molar-refractivity contribution in [1.29, 1.82) is 0 Å². The molecule has 158 valence electrons. The standard InChI is InChI=1S/C27H26O4/c1-2-3-18-30-19-20-31-26-16-8-22(9-17-26)5-4-21-6-10-23(11-7-21)24-12-14-25(15-13-24)27(28)29/h6-17H,2-3,18-20H2,1H3,(H,28,29). The second-order valence-electron chi connectivity index (χ2n) is 7.05. The van der Waals surface area contributed by atoms with Crippen molar-refractivity contribution in [2.45, 2.75) is 19.8 Å². The van der Waals surface area contributed by atoms with Gasteiger partial charge in [0.15, 0.2) is 0 Å². The van der Waals surface area contributed by atoms with Crippen LogP contribution in [0.5, 0.6) is 5.75 Å². The highest BCUT2D eigenvalue weighted by atomic mass is 16.5. The molecule has 31 heavy (non-hydrogen) atoms. The quantitative estimate of drug-likeness (QED) is 0.363. The molecule has 0 aromatic heterocycles. The number of rotatable bonds is 9. The summed E-state index contributed by atoms with van der Waals surface area (Å²) in [6.07, 6.45) is 2.21. The number of hydrogen-bond acceptors (Lipinski definition) is 3. The van der Waals surface area contributed by atoms with E-state index >= 15 is 0 Å². The van der Waals surface area contributed by atoms with Gasteiger partial charge in [-0.25, -0.2) is 4.79 Å². The van der Waals surface area contributed by atoms with E-state index < -0.39 is 5.97 Å². The molecular weight excluding hydrogens is 388 g/mol. The summed E-state index contributed by atoms with van der Waals surface area (Å²) < 4.78 is 11.2. The average Bonchev–Trinajstić information content (AvgIpc) is 2.81. The summed E-state index contributed by atoms with van der Waals surface area (Å²) in [7, 11) is 0. The summed E-state index contributed by atoms with van der Waals surface area (Å²) in [6, 6.07) is 22.5. The minimum absolute atomic E-state index is 0.281. The van der Waals surface area contributed by atoms with Gasteiger partial charge in [0.05, 0.1) is 12.2 Å². The Morgan fingerprint density at radius 1 is 0.774 bits per heavy atom. The van der Waals surface area contributed by atoms with Gasteiger partial charge >= 0.3 is 5.97 Å². The fourth-order valence-corrected chi connectivity index (χ4v) is 2.90. The Labute approximate surface area is 183 Å². The minimum Gasteiger partial charge on any atom is -0.491 e. The molecule has 0 bridgehead atoms. The third-order valence-corrected chi connectivity index (χ3v) is 4.69. The average molecular weight is 415 g/mol. The number of carboxylic acid groups (broad SMARTS) is 1. The normalized spacial score (nSPS) is 10.2. The molecule has 0 heterocycles. The topological polar surface area (TPSA) is 55.8 Å². The molecule has 4 heteroatoms. The second-order valence-corrected chi connectivity index (χ2v) is 7.05. The molecule has 3 rings (SSSR count). The van der Waals surface area contributed by atoms with E-state index in [2.05, 4.69) is 18.8 Å². The molecule has 0 aliphatic rings. The molecule has 3 aromatic carbocycles. The van der Waals surface area contributed by atoms with Crippen LogP contribution in [0.3, 0.4) is 0 Å². The van der Waals surface area contributed by atoms with Gasteiger partial charge in [-0.1, -0.05) is 49.5 Å². The van der Waals surface area contributed by atoms with Gasteiger partial charge in [-0.15, -0.1) is 0 Å². The first-order valence-corrected chi connectivity index (χ1v) is 10.4. The van der Waals surface area contributed by atoms with Crippen molar-refractivity contribution >= 4 is 5.97 Å². The number of benzene rings is 3. The van der Waals surface area contributed by atoms with Gasteiger partial charge in [-0.3, -0.25) is 0 Å². The van der Waals surface area contributed by atoms with Crippen LogP contribution in [-0.4, -0.2) is 30.9 Å². The summed E-state index contributed by atoms with van der Waals surface area (Å²) in [5, 5.41) is 9.00. The number of unbranched alkanes of at least 4 members (excludes halogenated alkanes) is 1. The van der Waals surface area contributed by atoms with Crippen molar-refractivity contribution in [3.63, 3.8) is 0 Å². The molecule has 3 aromatic rings. The van der Waals surface area contributed by atoms with Gasteiger partial charge in [0.1, 0.15) is 12.4 Å². The molecule has 0 spiro atoms. The Balaban J connectivity index is 1.53. The Morgan fingerprint density at radius 3 is 1.87 bits per heavy atom. The summed E-state index contributed by atoms with van der Waals surface area (Å²) in [6.45, 7) is 4.07. The molecule has 0 saturated heterocycles. The van der Waals surface area contributed by atoms with Crippen molar-refractivity contribution in [3.8, 4) is 28.7 Å². The smallest absolute Gasteiger partial charge is 0.335 e. The monoisotopic (exact) mass is 414 g/mol. The number of carbonyl (C=O) groups is 1. The third kappa shape index (κ3) is 7.02. The summed E-state index contributed by atoms with van der Waals surface area (Å²) in [5.41, 5.74) is 4.09. The SMILES string of the molecule is CCCCOCCOc1ccc(C#Cc2ccc(-c3ccc(C(=O)O)cc3)cc2)cc1. The lowest BCUT2D eigenvalue weighted by molar-refractivity contribution is 0.0697. The maximum absolute atomic E-state index is 11.0. The summed E-state index contributed by atoms with van der Waals surface area (Å²) in [4.78, 5) is 11.0. The molecule has 0 atom stereocenters. The fraction of sp³-hybridized carbons (Fsp3) is 0.222. The van der Waals surface area contributed by atoms with Crippen LogP contribution in [0, 0.1) is 11.8 Å². The van der Waals surface area contributed by atoms with Crippen LogP contribution in [0.1, 0.15) is 41.3 Å². The van der Waals surface area contributed by atoms with Crippen molar-refractivity contribution in [2.24, 2.45) is 0 Å². The number of carboxylic acids is 1. The highest BCUT2D eigenvalue weighted by Gasteiger charge is 2.03. The molecular formula is C27H26O4. The summed E-state index contributed by atoms with van der Waals surface area (Å²) >= 11 is 0. The second kappa shape index (κ2) is 11.6. The first kappa shape index (κ1) is 22.1. The minimum atomic E-state index is -0.923. The molecule has 4 nitrogen and oxygen atoms in total. The van der Waals surface area contributed by atoms with Crippen LogP contribution in [0.15, 0.2) is 72.8 Å². The Bertz CT molecular complexity index is 1020. The molecule has 0 aliphatic carbocycles. The summed E-state index contributed by atoms with van der Waals surface area (Å²) in [5.74, 6) is 6.21. The predicted octanol–water partition coefficient (Wildman–Crippen LogP) is 5.65. The van der Waals surface area contributed by atoms with Crippen molar-refractivity contribution in [1.82, 2.24) is 0 Å². The van der Waals surface area contributed by atoms with E-state index in [1.807, 2.05) is 60.7 Å². The van der Waals surface area contributed by atoms with E-state index in [0.717, 1.165) is 47.5 Å². The maximum Gasteiger partial charge on any atom is 0.335 e. The van der Waals surface area contributed by atoms with Gasteiger partial charge in [0.2, 0.25) is 0 Å². The number of aromatic carboxylic acids is 1. The van der Waals surface area contributed by atoms with Crippen LogP contribution in [-0.2, 0) is 4.74 Å². The highest BCUT2D eigenvalue weighted by Crippen LogP contribution is 2.20. The van der Waals surface area contributed by atoms with Gasteiger partial charge in [-0.05, 0) is 66.1 Å². The van der Waals surface area contributed by atoms with E-state index in [-0.39, 0.29) is 5.56 Å². The van der Waals surface area contributed by atoms with Crippen molar-refractivity contribution < 1.29 is 19.4 Å². The Morgan fingerprint density at radius 2 is 1.32 bits per heavy atom. The zero-order chi connectivity index (χ0) is 21.9. The van der Waals surface area contributed by atoms with Crippen molar-refractivity contribution in [2.75, 3.05) is 19.8 Å². The number of ether oxygens (including phenoxy) is 2. The molecule has 0 aliphatic heterocycles. The van der Waals surface area contributed by atoms with E-state index in [9.17, 15) is 4.79 Å². The molecule has 0 saturated carbocycles. The Kier molecular flexibility index (Phi) is 8.28. The first-order chi connectivity index (χ1) is 15.2. The molecule has 0 unspecified atom stereocenters. The largest absolute Gasteiger partial charge is 0.491 e. The molecule has 1 N–H and O–H groups in total. The van der Waals surface area contributed by atoms with Crippen LogP contribution < -0.4 is 4.74 Å². The maximum atomic E-state index is 11.0. The molecule has 0 amide bonds. The van der Waals surface area contributed by atoms with Gasteiger partial charge in [-0.2, -0.15) is 0 Å². The van der Waals surface area contributed by atoms with Gasteiger partial charge in [0, 0.05) is 17.7 Å². The highest BCUT2D eigenvalue weighted by molar-refractivity contribution is 5.88. The zero-order valence-corrected chi connectivity index (χ0v) is 17.6. The molecule has 0 fully saturated rings. The fourth-order valence-electron chi connectivity index (χ4n) is 2.90. The number of hydrogen-bond donors (Lipinski definition) is 1. The first-order valence-electron chi connectivity index (χ1n) is 10.4. The van der Waals surface area contributed by atoms with Gasteiger partial charge < -0.3 is 14.6 Å². The van der Waals surface area contributed by atoms with E-state index in [1.54, 1.807) is 12.1 Å². The Hall–Kier alpha value is -3.55. The van der Waals surface area contributed by atoms with Crippen molar-refractivity contribution in [3.05, 3.63) is 89.5 Å². The van der Waals surface area contributed by atoms with E-state index in [1.165, 1.54) is 0 Å².